The lowest BCUT2D eigenvalue weighted by molar-refractivity contribution is 0.590. The Morgan fingerprint density at radius 2 is 1.58 bits per heavy atom. The summed E-state index contributed by atoms with van der Waals surface area (Å²) >= 11 is 0. The molecule has 0 unspecified atom stereocenters. The van der Waals surface area contributed by atoms with Gasteiger partial charge >= 0.3 is 0 Å². The number of aryl methyl sites for hydroxylation is 1. The Balaban J connectivity index is 2.00. The fourth-order valence-electron chi connectivity index (χ4n) is 3.35. The smallest absolute Gasteiger partial charge is 0.261 e. The van der Waals surface area contributed by atoms with Crippen LogP contribution in [0.5, 0.6) is 0 Å². The van der Waals surface area contributed by atoms with Crippen LogP contribution in [0, 0.1) is 12.7 Å². The zero-order chi connectivity index (χ0) is 22.4. The summed E-state index contributed by atoms with van der Waals surface area (Å²) < 4.78 is 42.0. The maximum absolute atomic E-state index is 13.9. The molecule has 0 spiro atoms. The summed E-state index contributed by atoms with van der Waals surface area (Å²) in [6.45, 7) is 7.86. The van der Waals surface area contributed by atoms with Crippen molar-refractivity contribution in [3.05, 3.63) is 102 Å². The number of benzene rings is 3. The molecule has 3 aromatic carbocycles. The molecular formula is C25H27FN2O2S. The number of nitrogens with one attached hydrogen (secondary N) is 1. The molecule has 0 amide bonds. The first-order valence-corrected chi connectivity index (χ1v) is 11.7. The number of halogens is 1. The minimum absolute atomic E-state index is 0.171. The number of nitrogens with zero attached hydrogens (tertiary/aromatic N) is 1. The number of hydrogen-bond acceptors (Lipinski definition) is 3. The lowest BCUT2D eigenvalue weighted by Gasteiger charge is -2.21. The molecule has 0 radical (unpaired) electrons. The summed E-state index contributed by atoms with van der Waals surface area (Å²) in [4.78, 5) is 2.39. The molecule has 0 aliphatic heterocycles. The van der Waals surface area contributed by atoms with Gasteiger partial charge in [0.25, 0.3) is 10.0 Å². The molecule has 0 aliphatic carbocycles. The number of rotatable bonds is 8. The van der Waals surface area contributed by atoms with Gasteiger partial charge in [-0.05, 0) is 68.3 Å². The molecule has 3 aromatic rings. The number of anilines is 1. The molecule has 0 aromatic heterocycles. The van der Waals surface area contributed by atoms with Crippen LogP contribution >= 0.6 is 0 Å². The summed E-state index contributed by atoms with van der Waals surface area (Å²) in [7, 11) is -3.76. The van der Waals surface area contributed by atoms with Gasteiger partial charge in [0.15, 0.2) is 0 Å². The molecule has 0 bridgehead atoms. The van der Waals surface area contributed by atoms with Crippen molar-refractivity contribution in [2.45, 2.75) is 25.7 Å². The van der Waals surface area contributed by atoms with Crippen molar-refractivity contribution in [2.24, 2.45) is 0 Å². The molecule has 4 nitrogen and oxygen atoms in total. The van der Waals surface area contributed by atoms with Gasteiger partial charge in [0.2, 0.25) is 0 Å². The first-order valence-electron chi connectivity index (χ1n) is 10.2. The Kier molecular flexibility index (Phi) is 7.13. The Hall–Kier alpha value is -3.12. The minimum Gasteiger partial charge on any atom is -0.372 e. The van der Waals surface area contributed by atoms with Gasteiger partial charge in [-0.25, -0.2) is 12.8 Å². The highest BCUT2D eigenvalue weighted by Gasteiger charge is 2.14. The van der Waals surface area contributed by atoms with Crippen LogP contribution in [0.15, 0.2) is 83.9 Å². The fraction of sp³-hybridized carbons (Fsp3) is 0.200. The van der Waals surface area contributed by atoms with Gasteiger partial charge in [0, 0.05) is 30.5 Å². The zero-order valence-electron chi connectivity index (χ0n) is 18.0. The third-order valence-electron chi connectivity index (χ3n) is 5.13. The molecule has 0 aliphatic rings. The highest BCUT2D eigenvalue weighted by Crippen LogP contribution is 2.26. The molecule has 0 heterocycles. The van der Waals surface area contributed by atoms with Crippen molar-refractivity contribution in [1.82, 2.24) is 4.72 Å². The van der Waals surface area contributed by atoms with E-state index in [1.807, 2.05) is 31.2 Å². The van der Waals surface area contributed by atoms with Crippen LogP contribution in [0.1, 0.15) is 30.5 Å². The Bertz CT molecular complexity index is 1150. The van der Waals surface area contributed by atoms with Crippen molar-refractivity contribution in [3.63, 3.8) is 0 Å². The van der Waals surface area contributed by atoms with Crippen LogP contribution in [0.2, 0.25) is 0 Å². The summed E-state index contributed by atoms with van der Waals surface area (Å²) in [6.07, 6.45) is 1.43. The van der Waals surface area contributed by atoms with E-state index >= 15 is 0 Å². The van der Waals surface area contributed by atoms with Crippen LogP contribution in [0.3, 0.4) is 0 Å². The van der Waals surface area contributed by atoms with E-state index in [2.05, 4.69) is 23.5 Å². The third kappa shape index (κ3) is 5.52. The Labute approximate surface area is 184 Å². The van der Waals surface area contributed by atoms with Crippen LogP contribution < -0.4 is 9.62 Å². The predicted molar refractivity (Wildman–Crippen MR) is 125 cm³/mol. The molecule has 6 heteroatoms. The number of hydrogen-bond donors (Lipinski definition) is 1. The van der Waals surface area contributed by atoms with Crippen molar-refractivity contribution in [2.75, 3.05) is 18.0 Å². The standard InChI is InChI=1S/C25H27FN2O2S/c1-4-28(5-2)23-13-11-20(12-14-23)25(21-7-6-8-22(26)17-21)18-27-31(29,30)24-15-9-19(3)10-16-24/h6-18,27H,4-5H2,1-3H3. The van der Waals surface area contributed by atoms with Crippen molar-refractivity contribution < 1.29 is 12.8 Å². The first kappa shape index (κ1) is 22.6. The van der Waals surface area contributed by atoms with Gasteiger partial charge in [-0.3, -0.25) is 4.72 Å². The SMILES string of the molecule is CCN(CC)c1ccc(C(=CNS(=O)(=O)c2ccc(C)cc2)c2cccc(F)c2)cc1. The molecule has 162 valence electrons. The van der Waals surface area contributed by atoms with E-state index in [9.17, 15) is 12.8 Å². The van der Waals surface area contributed by atoms with Crippen LogP contribution in [-0.4, -0.2) is 21.5 Å². The second kappa shape index (κ2) is 9.79. The highest BCUT2D eigenvalue weighted by molar-refractivity contribution is 7.89. The van der Waals surface area contributed by atoms with E-state index in [1.54, 1.807) is 36.4 Å². The van der Waals surface area contributed by atoms with E-state index in [0.29, 0.717) is 11.1 Å². The van der Waals surface area contributed by atoms with Gasteiger partial charge in [-0.15, -0.1) is 0 Å². The lowest BCUT2D eigenvalue weighted by Crippen LogP contribution is -2.21. The Morgan fingerprint density at radius 3 is 2.16 bits per heavy atom. The second-order valence-corrected chi connectivity index (χ2v) is 8.94. The summed E-state index contributed by atoms with van der Waals surface area (Å²) in [5.74, 6) is -0.385. The molecule has 0 saturated carbocycles. The van der Waals surface area contributed by atoms with Crippen LogP contribution in [-0.2, 0) is 10.0 Å². The molecule has 31 heavy (non-hydrogen) atoms. The van der Waals surface area contributed by atoms with Gasteiger partial charge in [0.05, 0.1) is 4.90 Å². The summed E-state index contributed by atoms with van der Waals surface area (Å²) in [5, 5.41) is 0. The van der Waals surface area contributed by atoms with Crippen molar-refractivity contribution >= 4 is 21.3 Å². The van der Waals surface area contributed by atoms with E-state index in [0.717, 1.165) is 29.9 Å². The maximum Gasteiger partial charge on any atom is 0.261 e. The molecule has 0 atom stereocenters. The average molecular weight is 439 g/mol. The maximum atomic E-state index is 13.9. The zero-order valence-corrected chi connectivity index (χ0v) is 18.8. The van der Waals surface area contributed by atoms with Crippen molar-refractivity contribution in [1.29, 1.82) is 0 Å². The van der Waals surface area contributed by atoms with Gasteiger partial charge in [-0.1, -0.05) is 42.0 Å². The fourth-order valence-corrected chi connectivity index (χ4v) is 4.26. The van der Waals surface area contributed by atoms with Crippen molar-refractivity contribution in [3.8, 4) is 0 Å². The second-order valence-electron chi connectivity index (χ2n) is 7.22. The van der Waals surface area contributed by atoms with Crippen LogP contribution in [0.25, 0.3) is 5.57 Å². The summed E-state index contributed by atoms with van der Waals surface area (Å²) in [5.41, 5.74) is 4.01. The molecular weight excluding hydrogens is 411 g/mol. The number of sulfonamides is 1. The van der Waals surface area contributed by atoms with E-state index in [4.69, 9.17) is 0 Å². The quantitative estimate of drug-likeness (QED) is 0.516. The Morgan fingerprint density at radius 1 is 0.935 bits per heavy atom. The lowest BCUT2D eigenvalue weighted by atomic mass is 9.98. The first-order chi connectivity index (χ1) is 14.8. The van der Waals surface area contributed by atoms with Gasteiger partial charge < -0.3 is 4.90 Å². The molecule has 3 rings (SSSR count). The molecule has 0 saturated heterocycles. The van der Waals surface area contributed by atoms with Gasteiger partial charge in [0.1, 0.15) is 5.82 Å². The summed E-state index contributed by atoms with van der Waals surface area (Å²) in [6, 6.07) is 20.6. The van der Waals surface area contributed by atoms with Gasteiger partial charge in [-0.2, -0.15) is 0 Å². The van der Waals surface area contributed by atoms with E-state index < -0.39 is 10.0 Å². The molecule has 1 N–H and O–H groups in total. The largest absolute Gasteiger partial charge is 0.372 e. The predicted octanol–water partition coefficient (Wildman–Crippen LogP) is 5.35. The third-order valence-corrected chi connectivity index (χ3v) is 6.45. The monoisotopic (exact) mass is 438 g/mol. The topological polar surface area (TPSA) is 49.4 Å². The highest BCUT2D eigenvalue weighted by atomic mass is 32.2. The average Bonchev–Trinajstić information content (AvgIpc) is 2.76. The van der Waals surface area contributed by atoms with E-state index in [1.165, 1.54) is 18.3 Å². The van der Waals surface area contributed by atoms with Crippen LogP contribution in [0.4, 0.5) is 10.1 Å². The normalized spacial score (nSPS) is 11.9. The molecule has 0 fully saturated rings. The van der Waals surface area contributed by atoms with E-state index in [-0.39, 0.29) is 10.7 Å². The minimum atomic E-state index is -3.76.